The minimum atomic E-state index is -0.244. The van der Waals surface area contributed by atoms with E-state index in [-0.39, 0.29) is 30.0 Å². The van der Waals surface area contributed by atoms with Crippen molar-refractivity contribution in [3.05, 3.63) is 29.1 Å². The Kier molecular flexibility index (Phi) is 5.47. The molecule has 2 fully saturated rings. The number of phenols is 1. The van der Waals surface area contributed by atoms with Crippen molar-refractivity contribution in [2.45, 2.75) is 32.2 Å². The van der Waals surface area contributed by atoms with E-state index < -0.39 is 0 Å². The van der Waals surface area contributed by atoms with Gasteiger partial charge in [-0.1, -0.05) is 12.8 Å². The number of halogens is 2. The van der Waals surface area contributed by atoms with Gasteiger partial charge >= 0.3 is 0 Å². The van der Waals surface area contributed by atoms with Gasteiger partial charge in [0.15, 0.2) is 0 Å². The van der Waals surface area contributed by atoms with E-state index in [4.69, 9.17) is 0 Å². The summed E-state index contributed by atoms with van der Waals surface area (Å²) >= 11 is 0. The fraction of sp³-hybridized carbons (Fsp3) is 0.625. The van der Waals surface area contributed by atoms with Gasteiger partial charge in [0.1, 0.15) is 11.6 Å². The second-order valence-corrected chi connectivity index (χ2v) is 6.14. The highest BCUT2D eigenvalue weighted by Crippen LogP contribution is 2.43. The third kappa shape index (κ3) is 3.87. The maximum atomic E-state index is 13.7. The minimum absolute atomic E-state index is 0. The van der Waals surface area contributed by atoms with Gasteiger partial charge in [-0.15, -0.1) is 12.4 Å². The van der Waals surface area contributed by atoms with Crippen LogP contribution in [0.25, 0.3) is 0 Å². The standard InChI is InChI=1S/C16H23FN2O.ClH/c1-11-8-13(17)10-14(16(11)20)15(9-12-2-3-12)19-6-4-18-5-7-19;/h8,10,12,15,18,20H,2-7,9H2,1H3;1H/t15-;/m1./s1. The summed E-state index contributed by atoms with van der Waals surface area (Å²) in [4.78, 5) is 2.39. The molecule has 1 aromatic carbocycles. The van der Waals surface area contributed by atoms with Crippen LogP contribution >= 0.6 is 12.4 Å². The maximum Gasteiger partial charge on any atom is 0.124 e. The molecule has 0 amide bonds. The number of rotatable bonds is 4. The van der Waals surface area contributed by atoms with Gasteiger partial charge in [-0.2, -0.15) is 0 Å². The molecule has 3 nitrogen and oxygen atoms in total. The van der Waals surface area contributed by atoms with Crippen molar-refractivity contribution in [1.29, 1.82) is 0 Å². The van der Waals surface area contributed by atoms with Crippen molar-refractivity contribution < 1.29 is 9.50 Å². The average molecular weight is 315 g/mol. The van der Waals surface area contributed by atoms with Crippen molar-refractivity contribution in [1.82, 2.24) is 10.2 Å². The van der Waals surface area contributed by atoms with Crippen molar-refractivity contribution in [2.24, 2.45) is 5.92 Å². The summed E-state index contributed by atoms with van der Waals surface area (Å²) in [7, 11) is 0. The summed E-state index contributed by atoms with van der Waals surface area (Å²) in [6.45, 7) is 5.64. The Morgan fingerprint density at radius 3 is 2.62 bits per heavy atom. The first-order valence-electron chi connectivity index (χ1n) is 7.59. The summed E-state index contributed by atoms with van der Waals surface area (Å²) in [5.74, 6) is 0.777. The first-order valence-corrected chi connectivity index (χ1v) is 7.59. The minimum Gasteiger partial charge on any atom is -0.507 e. The lowest BCUT2D eigenvalue weighted by Crippen LogP contribution is -2.45. The van der Waals surface area contributed by atoms with E-state index in [1.54, 1.807) is 6.92 Å². The largest absolute Gasteiger partial charge is 0.507 e. The molecule has 0 aromatic heterocycles. The number of benzene rings is 1. The zero-order valence-electron chi connectivity index (χ0n) is 12.4. The van der Waals surface area contributed by atoms with Gasteiger partial charge in [-0.25, -0.2) is 4.39 Å². The number of nitrogens with zero attached hydrogens (tertiary/aromatic N) is 1. The van der Waals surface area contributed by atoms with Gasteiger partial charge in [-0.3, -0.25) is 4.90 Å². The van der Waals surface area contributed by atoms with Gasteiger partial charge in [0.05, 0.1) is 0 Å². The predicted molar refractivity (Wildman–Crippen MR) is 84.6 cm³/mol. The Bertz CT molecular complexity index is 487. The molecular formula is C16H24ClFN2O. The number of aryl methyl sites for hydroxylation is 1. The molecule has 1 saturated heterocycles. The number of nitrogens with one attached hydrogen (secondary N) is 1. The molecule has 1 aliphatic carbocycles. The molecule has 21 heavy (non-hydrogen) atoms. The molecule has 1 aromatic rings. The Labute approximate surface area is 131 Å². The molecule has 5 heteroatoms. The predicted octanol–water partition coefficient (Wildman–Crippen LogP) is 3.01. The Morgan fingerprint density at radius 1 is 1.33 bits per heavy atom. The van der Waals surface area contributed by atoms with Crippen LogP contribution in [-0.2, 0) is 0 Å². The topological polar surface area (TPSA) is 35.5 Å². The highest BCUT2D eigenvalue weighted by atomic mass is 35.5. The fourth-order valence-corrected chi connectivity index (χ4v) is 3.15. The van der Waals surface area contributed by atoms with Crippen LogP contribution in [-0.4, -0.2) is 36.2 Å². The van der Waals surface area contributed by atoms with E-state index >= 15 is 0 Å². The fourth-order valence-electron chi connectivity index (χ4n) is 3.15. The number of aromatic hydroxyl groups is 1. The smallest absolute Gasteiger partial charge is 0.124 e. The van der Waals surface area contributed by atoms with E-state index in [0.29, 0.717) is 5.56 Å². The van der Waals surface area contributed by atoms with E-state index in [9.17, 15) is 9.50 Å². The molecule has 2 aliphatic rings. The van der Waals surface area contributed by atoms with Crippen LogP contribution in [0.1, 0.15) is 36.4 Å². The van der Waals surface area contributed by atoms with E-state index in [1.165, 1.54) is 25.0 Å². The molecule has 1 aliphatic heterocycles. The second-order valence-electron chi connectivity index (χ2n) is 6.14. The number of piperazine rings is 1. The highest BCUT2D eigenvalue weighted by molar-refractivity contribution is 5.85. The molecular weight excluding hydrogens is 291 g/mol. The van der Waals surface area contributed by atoms with Crippen LogP contribution in [0.15, 0.2) is 12.1 Å². The average Bonchev–Trinajstić information content (AvgIpc) is 3.25. The van der Waals surface area contributed by atoms with Crippen LogP contribution in [0.5, 0.6) is 5.75 Å². The van der Waals surface area contributed by atoms with Crippen LogP contribution in [0.3, 0.4) is 0 Å². The van der Waals surface area contributed by atoms with Gasteiger partial charge in [0, 0.05) is 37.8 Å². The summed E-state index contributed by atoms with van der Waals surface area (Å²) in [6, 6.07) is 3.08. The Morgan fingerprint density at radius 2 is 2.00 bits per heavy atom. The number of hydrogen-bond acceptors (Lipinski definition) is 3. The van der Waals surface area contributed by atoms with E-state index in [0.717, 1.165) is 44.1 Å². The quantitative estimate of drug-likeness (QED) is 0.897. The van der Waals surface area contributed by atoms with Crippen LogP contribution in [0.4, 0.5) is 4.39 Å². The molecule has 0 radical (unpaired) electrons. The monoisotopic (exact) mass is 314 g/mol. The van der Waals surface area contributed by atoms with Crippen LogP contribution in [0, 0.1) is 18.7 Å². The van der Waals surface area contributed by atoms with Gasteiger partial charge in [0.25, 0.3) is 0 Å². The molecule has 1 heterocycles. The van der Waals surface area contributed by atoms with Crippen molar-refractivity contribution in [3.63, 3.8) is 0 Å². The zero-order valence-corrected chi connectivity index (χ0v) is 13.3. The third-order valence-corrected chi connectivity index (χ3v) is 4.50. The molecule has 3 rings (SSSR count). The first-order chi connectivity index (χ1) is 9.65. The molecule has 0 unspecified atom stereocenters. The lowest BCUT2D eigenvalue weighted by molar-refractivity contribution is 0.157. The van der Waals surface area contributed by atoms with E-state index in [1.807, 2.05) is 0 Å². The van der Waals surface area contributed by atoms with Gasteiger partial charge < -0.3 is 10.4 Å². The zero-order chi connectivity index (χ0) is 14.1. The molecule has 0 bridgehead atoms. The normalized spacial score (nSPS) is 20.9. The van der Waals surface area contributed by atoms with E-state index in [2.05, 4.69) is 10.2 Å². The molecule has 2 N–H and O–H groups in total. The van der Waals surface area contributed by atoms with Crippen molar-refractivity contribution >= 4 is 12.4 Å². The third-order valence-electron chi connectivity index (χ3n) is 4.50. The van der Waals surface area contributed by atoms with Gasteiger partial charge in [-0.05, 0) is 37.0 Å². The first kappa shape index (κ1) is 16.5. The summed E-state index contributed by atoms with van der Waals surface area (Å²) < 4.78 is 13.7. The molecule has 118 valence electrons. The van der Waals surface area contributed by atoms with Crippen LogP contribution in [0.2, 0.25) is 0 Å². The van der Waals surface area contributed by atoms with Crippen molar-refractivity contribution in [3.8, 4) is 5.75 Å². The SMILES string of the molecule is Cc1cc(F)cc([C@@H](CC2CC2)N2CCNCC2)c1O.Cl. The molecule has 1 atom stereocenters. The lowest BCUT2D eigenvalue weighted by atomic mass is 9.96. The highest BCUT2D eigenvalue weighted by Gasteiger charge is 2.32. The number of phenolic OH excluding ortho intramolecular Hbond substituents is 1. The van der Waals surface area contributed by atoms with Crippen molar-refractivity contribution in [2.75, 3.05) is 26.2 Å². The lowest BCUT2D eigenvalue weighted by Gasteiger charge is -2.36. The number of hydrogen-bond donors (Lipinski definition) is 2. The maximum absolute atomic E-state index is 13.7. The summed E-state index contributed by atoms with van der Waals surface area (Å²) in [5.41, 5.74) is 1.41. The summed E-state index contributed by atoms with van der Waals surface area (Å²) in [6.07, 6.45) is 3.59. The summed E-state index contributed by atoms with van der Waals surface area (Å²) in [5, 5.41) is 13.7. The molecule has 0 spiro atoms. The van der Waals surface area contributed by atoms with Gasteiger partial charge in [0.2, 0.25) is 0 Å². The second kappa shape index (κ2) is 6.95. The molecule has 1 saturated carbocycles. The Balaban J connectivity index is 0.00000161. The van der Waals surface area contributed by atoms with Crippen LogP contribution < -0.4 is 5.32 Å². The Hall–Kier alpha value is -0.840.